The first-order valence-electron chi connectivity index (χ1n) is 13.2. The highest BCUT2D eigenvalue weighted by molar-refractivity contribution is 7.80. The lowest BCUT2D eigenvalue weighted by atomic mass is 9.96. The van der Waals surface area contributed by atoms with Crippen molar-refractivity contribution in [2.75, 3.05) is 23.9 Å². The summed E-state index contributed by atoms with van der Waals surface area (Å²) >= 11 is 12.6. The Hall–Kier alpha value is -3.72. The number of ether oxygens (including phenoxy) is 1. The Morgan fingerprint density at radius 1 is 1.10 bits per heavy atom. The second kappa shape index (κ2) is 11.8. The van der Waals surface area contributed by atoms with E-state index in [0.29, 0.717) is 15.8 Å². The lowest BCUT2D eigenvalue weighted by Gasteiger charge is -2.28. The second-order valence-corrected chi connectivity index (χ2v) is 10.6. The van der Waals surface area contributed by atoms with Gasteiger partial charge in [-0.1, -0.05) is 36.7 Å². The third kappa shape index (κ3) is 5.35. The molecule has 0 radical (unpaired) electrons. The predicted octanol–water partition coefficient (Wildman–Crippen LogP) is 6.47. The molecule has 1 saturated heterocycles. The van der Waals surface area contributed by atoms with Crippen molar-refractivity contribution in [3.8, 4) is 5.69 Å². The number of pyridine rings is 1. The lowest BCUT2D eigenvalue weighted by molar-refractivity contribution is -0.119. The van der Waals surface area contributed by atoms with Gasteiger partial charge in [-0.05, 0) is 92.1 Å². The molecule has 1 aliphatic rings. The van der Waals surface area contributed by atoms with Gasteiger partial charge in [0, 0.05) is 36.1 Å². The molecule has 0 aliphatic carbocycles. The van der Waals surface area contributed by atoms with Gasteiger partial charge < -0.3 is 24.8 Å². The molecule has 4 aromatic rings. The fourth-order valence-electron chi connectivity index (χ4n) is 5.39. The average molecular weight is 574 g/mol. The fraction of sp³-hybridized carbons (Fsp3) is 0.258. The van der Waals surface area contributed by atoms with E-state index < -0.39 is 0 Å². The van der Waals surface area contributed by atoms with Crippen molar-refractivity contribution >= 4 is 46.2 Å². The molecule has 0 bridgehead atoms. The minimum atomic E-state index is -0.275. The van der Waals surface area contributed by atoms with Gasteiger partial charge in [-0.25, -0.2) is 0 Å². The van der Waals surface area contributed by atoms with Crippen LogP contribution in [0.25, 0.3) is 5.69 Å². The van der Waals surface area contributed by atoms with Crippen LogP contribution in [-0.4, -0.2) is 34.3 Å². The monoisotopic (exact) mass is 573 g/mol. The number of benzene rings is 2. The van der Waals surface area contributed by atoms with Crippen molar-refractivity contribution in [1.29, 1.82) is 0 Å². The molecule has 2 aromatic carbocycles. The molecular formula is C31H32ClN5O2S. The lowest BCUT2D eigenvalue weighted by Crippen LogP contribution is -2.29. The summed E-state index contributed by atoms with van der Waals surface area (Å²) in [6.45, 7) is 6.38. The van der Waals surface area contributed by atoms with Gasteiger partial charge in [-0.15, -0.1) is 0 Å². The number of thiocarbonyl (C=S) groups is 1. The Kier molecular flexibility index (Phi) is 8.21. The van der Waals surface area contributed by atoms with Crippen LogP contribution >= 0.6 is 23.8 Å². The van der Waals surface area contributed by atoms with Gasteiger partial charge in [0.25, 0.3) is 0 Å². The maximum Gasteiger partial charge on any atom is 0.250 e. The highest BCUT2D eigenvalue weighted by atomic mass is 35.5. The van der Waals surface area contributed by atoms with E-state index in [2.05, 4.69) is 76.2 Å². The van der Waals surface area contributed by atoms with Gasteiger partial charge in [0.05, 0.1) is 28.5 Å². The molecule has 1 amide bonds. The molecule has 2 N–H and O–H groups in total. The molecule has 9 heteroatoms. The topological polar surface area (TPSA) is 71.4 Å². The number of carbonyl (C=O) groups excluding carboxylic acids is 1. The molecule has 1 aliphatic heterocycles. The average Bonchev–Trinajstić information content (AvgIpc) is 3.45. The Morgan fingerprint density at radius 3 is 2.50 bits per heavy atom. The summed E-state index contributed by atoms with van der Waals surface area (Å²) in [6.07, 6.45) is 2.80. The van der Waals surface area contributed by atoms with E-state index in [1.54, 1.807) is 12.3 Å². The molecule has 3 heterocycles. The maximum absolute atomic E-state index is 12.1. The maximum atomic E-state index is 12.1. The number of rotatable bonds is 8. The third-order valence-electron chi connectivity index (χ3n) is 7.27. The van der Waals surface area contributed by atoms with Crippen molar-refractivity contribution < 1.29 is 9.53 Å². The summed E-state index contributed by atoms with van der Waals surface area (Å²) in [6, 6.07) is 22.0. The minimum absolute atomic E-state index is 0.0527. The number of carbonyl (C=O) groups is 1. The molecule has 206 valence electrons. The molecule has 5 rings (SSSR count). The summed E-state index contributed by atoms with van der Waals surface area (Å²) in [7, 11) is 1.47. The second-order valence-electron chi connectivity index (χ2n) is 9.82. The van der Waals surface area contributed by atoms with Crippen LogP contribution in [-0.2, 0) is 16.0 Å². The van der Waals surface area contributed by atoms with E-state index in [0.717, 1.165) is 40.4 Å². The van der Waals surface area contributed by atoms with Crippen molar-refractivity contribution in [2.45, 2.75) is 39.3 Å². The van der Waals surface area contributed by atoms with Gasteiger partial charge in [-0.2, -0.15) is 0 Å². The van der Waals surface area contributed by atoms with Crippen LogP contribution in [0.15, 0.2) is 72.9 Å². The first-order valence-corrected chi connectivity index (χ1v) is 14.0. The van der Waals surface area contributed by atoms with Gasteiger partial charge in [0.2, 0.25) is 5.91 Å². The fourth-order valence-corrected chi connectivity index (χ4v) is 5.95. The van der Waals surface area contributed by atoms with E-state index in [1.807, 2.05) is 30.3 Å². The molecule has 40 heavy (non-hydrogen) atoms. The van der Waals surface area contributed by atoms with E-state index in [1.165, 1.54) is 12.7 Å². The highest BCUT2D eigenvalue weighted by Gasteiger charge is 2.42. The first-order chi connectivity index (χ1) is 19.3. The van der Waals surface area contributed by atoms with Crippen LogP contribution in [0.4, 0.5) is 11.4 Å². The van der Waals surface area contributed by atoms with Crippen molar-refractivity contribution in [3.63, 3.8) is 0 Å². The molecule has 2 aromatic heterocycles. The highest BCUT2D eigenvalue weighted by Crippen LogP contribution is 2.44. The number of halogens is 1. The van der Waals surface area contributed by atoms with E-state index in [9.17, 15) is 4.79 Å². The summed E-state index contributed by atoms with van der Waals surface area (Å²) in [4.78, 5) is 18.8. The number of methoxy groups -OCH3 is 1. The summed E-state index contributed by atoms with van der Waals surface area (Å²) < 4.78 is 7.20. The number of aromatic nitrogens is 2. The van der Waals surface area contributed by atoms with Gasteiger partial charge in [0.1, 0.15) is 6.61 Å². The Morgan fingerprint density at radius 2 is 1.85 bits per heavy atom. The van der Waals surface area contributed by atoms with E-state index >= 15 is 0 Å². The van der Waals surface area contributed by atoms with Crippen LogP contribution in [0.2, 0.25) is 5.02 Å². The van der Waals surface area contributed by atoms with Gasteiger partial charge in [0.15, 0.2) is 5.11 Å². The number of nitrogens with zero attached hydrogens (tertiary/aromatic N) is 3. The SMILES string of the molecule is CCc1ccc(-n2c(C)cc([C@@H]3[C@H](c4ccccn4)NC(=S)N3c3ccc(NC(=O)COC)c(Cl)c3)c2C)cc1. The van der Waals surface area contributed by atoms with Crippen molar-refractivity contribution in [1.82, 2.24) is 14.9 Å². The van der Waals surface area contributed by atoms with Crippen molar-refractivity contribution in [3.05, 3.63) is 106 Å². The molecule has 0 spiro atoms. The molecule has 2 atom stereocenters. The number of hydrogen-bond donors (Lipinski definition) is 2. The molecule has 1 fully saturated rings. The Labute approximate surface area is 245 Å². The zero-order valence-electron chi connectivity index (χ0n) is 22.9. The standard InChI is InChI=1S/C31H32ClN5O2S/c1-5-21-9-11-22(12-10-21)36-19(2)16-24(20(36)3)30-29(27-8-6-7-15-33-27)35-31(40)37(30)23-13-14-26(25(32)17-23)34-28(38)18-39-4/h6-17,29-30H,5,18H2,1-4H3,(H,34,38)(H,35,40)/t29-,30+/m0/s1. The van der Waals surface area contributed by atoms with Gasteiger partial charge in [-0.3, -0.25) is 9.78 Å². The zero-order chi connectivity index (χ0) is 28.4. The predicted molar refractivity (Wildman–Crippen MR) is 165 cm³/mol. The number of anilines is 2. The largest absolute Gasteiger partial charge is 0.375 e. The first kappa shape index (κ1) is 27.8. The van der Waals surface area contributed by atoms with E-state index in [-0.39, 0.29) is 24.6 Å². The smallest absolute Gasteiger partial charge is 0.250 e. The normalized spacial score (nSPS) is 16.7. The van der Waals surface area contributed by atoms with Crippen molar-refractivity contribution in [2.24, 2.45) is 0 Å². The Balaban J connectivity index is 1.59. The van der Waals surface area contributed by atoms with Crippen LogP contribution in [0.3, 0.4) is 0 Å². The van der Waals surface area contributed by atoms with Crippen LogP contribution in [0, 0.1) is 13.8 Å². The molecule has 0 saturated carbocycles. The zero-order valence-corrected chi connectivity index (χ0v) is 24.5. The number of aryl methyl sites for hydroxylation is 2. The quantitative estimate of drug-likeness (QED) is 0.236. The number of nitrogens with one attached hydrogen (secondary N) is 2. The van der Waals surface area contributed by atoms with Crippen LogP contribution < -0.4 is 15.5 Å². The van der Waals surface area contributed by atoms with Gasteiger partial charge >= 0.3 is 0 Å². The third-order valence-corrected chi connectivity index (χ3v) is 7.90. The number of amides is 1. The summed E-state index contributed by atoms with van der Waals surface area (Å²) in [5, 5.41) is 7.29. The van der Waals surface area contributed by atoms with E-state index in [4.69, 9.17) is 28.6 Å². The summed E-state index contributed by atoms with van der Waals surface area (Å²) in [5.41, 5.74) is 8.02. The summed E-state index contributed by atoms with van der Waals surface area (Å²) in [5.74, 6) is -0.275. The Bertz CT molecular complexity index is 1540. The molecule has 7 nitrogen and oxygen atoms in total. The van der Waals surface area contributed by atoms with Crippen LogP contribution in [0.5, 0.6) is 0 Å². The minimum Gasteiger partial charge on any atom is -0.375 e. The molecular weight excluding hydrogens is 542 g/mol. The number of hydrogen-bond acceptors (Lipinski definition) is 4. The molecule has 0 unspecified atom stereocenters. The van der Waals surface area contributed by atoms with Crippen LogP contribution in [0.1, 0.15) is 47.2 Å².